The molecule has 0 spiro atoms. The van der Waals surface area contributed by atoms with Crippen LogP contribution < -0.4 is 20.9 Å². The van der Waals surface area contributed by atoms with Gasteiger partial charge in [-0.25, -0.2) is 0 Å². The predicted molar refractivity (Wildman–Crippen MR) is 55.9 cm³/mol. The van der Waals surface area contributed by atoms with Gasteiger partial charge in [0.05, 0.1) is 0 Å². The fourth-order valence-corrected chi connectivity index (χ4v) is 1.41. The summed E-state index contributed by atoms with van der Waals surface area (Å²) in [6.45, 7) is 0.144. The minimum Gasteiger partial charge on any atom is -0.395 e. The van der Waals surface area contributed by atoms with E-state index in [2.05, 4.69) is 9.47 Å². The van der Waals surface area contributed by atoms with Crippen molar-refractivity contribution in [2.75, 3.05) is 6.54 Å². The fraction of sp³-hybridized carbons (Fsp3) is 0.333. The summed E-state index contributed by atoms with van der Waals surface area (Å²) in [7, 11) is 0. The minimum atomic E-state index is -3.62. The largest absolute Gasteiger partial charge is 0.586 e. The third kappa shape index (κ3) is 2.18. The number of hydrogen-bond acceptors (Lipinski definition) is 4. The van der Waals surface area contributed by atoms with E-state index in [1.165, 1.54) is 6.07 Å². The Bertz CT molecular complexity index is 390. The van der Waals surface area contributed by atoms with Gasteiger partial charge < -0.3 is 20.9 Å². The van der Waals surface area contributed by atoms with Gasteiger partial charge in [0.1, 0.15) is 0 Å². The molecule has 1 heterocycles. The second-order valence-corrected chi connectivity index (χ2v) is 3.18. The maximum Gasteiger partial charge on any atom is 0.586 e. The van der Waals surface area contributed by atoms with Gasteiger partial charge in [-0.1, -0.05) is 12.1 Å². The van der Waals surface area contributed by atoms with Crippen LogP contribution >= 0.6 is 12.4 Å². The van der Waals surface area contributed by atoms with Crippen LogP contribution in [0, 0.1) is 0 Å². The first-order valence-electron chi connectivity index (χ1n) is 4.38. The van der Waals surface area contributed by atoms with Crippen LogP contribution in [0.15, 0.2) is 18.2 Å². The summed E-state index contributed by atoms with van der Waals surface area (Å²) in [6, 6.07) is 4.00. The van der Waals surface area contributed by atoms with Crippen LogP contribution in [0.1, 0.15) is 11.6 Å². The lowest BCUT2D eigenvalue weighted by Gasteiger charge is -2.11. The second-order valence-electron chi connectivity index (χ2n) is 3.18. The molecule has 0 aliphatic carbocycles. The van der Waals surface area contributed by atoms with Crippen molar-refractivity contribution in [3.63, 3.8) is 0 Å². The molecule has 1 aromatic carbocycles. The van der Waals surface area contributed by atoms with Gasteiger partial charge in [-0.15, -0.1) is 21.2 Å². The summed E-state index contributed by atoms with van der Waals surface area (Å²) < 4.78 is 34.2. The van der Waals surface area contributed by atoms with E-state index in [1.54, 1.807) is 12.1 Å². The molecule has 0 aromatic heterocycles. The Kier molecular flexibility index (Phi) is 3.57. The number of para-hydroxylation sites is 1. The fourth-order valence-electron chi connectivity index (χ4n) is 1.41. The molecule has 0 fully saturated rings. The molecule has 16 heavy (non-hydrogen) atoms. The van der Waals surface area contributed by atoms with Crippen LogP contribution in [0.4, 0.5) is 8.78 Å². The number of nitrogens with two attached hydrogens (primary N) is 2. The Morgan fingerprint density at radius 2 is 2.00 bits per heavy atom. The van der Waals surface area contributed by atoms with E-state index in [0.717, 1.165) is 0 Å². The molecule has 0 radical (unpaired) electrons. The first kappa shape index (κ1) is 13.0. The molecule has 0 saturated carbocycles. The molecule has 90 valence electrons. The first-order chi connectivity index (χ1) is 7.03. The zero-order chi connectivity index (χ0) is 11.1. The zero-order valence-corrected chi connectivity index (χ0v) is 8.97. The summed E-state index contributed by atoms with van der Waals surface area (Å²) >= 11 is 0. The van der Waals surface area contributed by atoms with Crippen molar-refractivity contribution >= 4 is 12.4 Å². The molecule has 4 nitrogen and oxygen atoms in total. The first-order valence-corrected chi connectivity index (χ1v) is 4.38. The van der Waals surface area contributed by atoms with Gasteiger partial charge in [-0.2, -0.15) is 0 Å². The molecule has 0 bridgehead atoms. The van der Waals surface area contributed by atoms with Crippen LogP contribution in [-0.2, 0) is 0 Å². The van der Waals surface area contributed by atoms with Crippen LogP contribution in [-0.4, -0.2) is 12.8 Å². The number of rotatable bonds is 2. The average molecular weight is 253 g/mol. The van der Waals surface area contributed by atoms with Crippen LogP contribution in [0.5, 0.6) is 11.5 Å². The van der Waals surface area contributed by atoms with Gasteiger partial charge in [0.25, 0.3) is 0 Å². The van der Waals surface area contributed by atoms with Crippen molar-refractivity contribution in [2.24, 2.45) is 11.5 Å². The minimum absolute atomic E-state index is 0. The molecular weight excluding hydrogens is 242 g/mol. The van der Waals surface area contributed by atoms with Gasteiger partial charge in [0.2, 0.25) is 0 Å². The molecule has 1 atom stereocenters. The van der Waals surface area contributed by atoms with Crippen molar-refractivity contribution < 1.29 is 18.3 Å². The van der Waals surface area contributed by atoms with Crippen molar-refractivity contribution in [3.8, 4) is 11.5 Å². The maximum absolute atomic E-state index is 12.8. The second kappa shape index (κ2) is 4.40. The van der Waals surface area contributed by atoms with Crippen molar-refractivity contribution in [3.05, 3.63) is 23.8 Å². The van der Waals surface area contributed by atoms with E-state index in [4.69, 9.17) is 11.5 Å². The normalized spacial score (nSPS) is 17.8. The molecule has 1 aromatic rings. The van der Waals surface area contributed by atoms with Crippen LogP contribution in [0.2, 0.25) is 0 Å². The Balaban J connectivity index is 0.00000128. The lowest BCUT2D eigenvalue weighted by Crippen LogP contribution is -2.27. The van der Waals surface area contributed by atoms with E-state index >= 15 is 0 Å². The van der Waals surface area contributed by atoms with Crippen molar-refractivity contribution in [1.29, 1.82) is 0 Å². The van der Waals surface area contributed by atoms with E-state index < -0.39 is 12.3 Å². The molecule has 0 unspecified atom stereocenters. The highest BCUT2D eigenvalue weighted by Crippen LogP contribution is 2.44. The summed E-state index contributed by atoms with van der Waals surface area (Å²) in [5.74, 6) is -0.0400. The Morgan fingerprint density at radius 3 is 2.62 bits per heavy atom. The smallest absolute Gasteiger partial charge is 0.395 e. The molecular formula is C9H11ClF2N2O2. The third-order valence-corrected chi connectivity index (χ3v) is 2.11. The van der Waals surface area contributed by atoms with Gasteiger partial charge in [0, 0.05) is 18.2 Å². The van der Waals surface area contributed by atoms with E-state index in [0.29, 0.717) is 5.56 Å². The highest BCUT2D eigenvalue weighted by Gasteiger charge is 2.44. The maximum atomic E-state index is 12.8. The number of hydrogen-bond donors (Lipinski definition) is 2. The molecule has 0 amide bonds. The quantitative estimate of drug-likeness (QED) is 0.834. The molecule has 0 saturated heterocycles. The summed E-state index contributed by atoms with van der Waals surface area (Å²) in [5, 5.41) is 0. The Labute approximate surface area is 96.9 Å². The zero-order valence-electron chi connectivity index (χ0n) is 8.15. The Morgan fingerprint density at radius 1 is 1.31 bits per heavy atom. The highest BCUT2D eigenvalue weighted by atomic mass is 35.5. The van der Waals surface area contributed by atoms with Gasteiger partial charge in [0.15, 0.2) is 11.5 Å². The van der Waals surface area contributed by atoms with E-state index in [9.17, 15) is 8.78 Å². The average Bonchev–Trinajstić information content (AvgIpc) is 2.49. The summed E-state index contributed by atoms with van der Waals surface area (Å²) in [6.07, 6.45) is -3.62. The predicted octanol–water partition coefficient (Wildman–Crippen LogP) is 1.39. The number of ether oxygens (including phenoxy) is 2. The number of alkyl halides is 2. The van der Waals surface area contributed by atoms with Crippen molar-refractivity contribution in [2.45, 2.75) is 12.3 Å². The molecule has 7 heteroatoms. The van der Waals surface area contributed by atoms with Crippen LogP contribution in [0.3, 0.4) is 0 Å². The summed E-state index contributed by atoms with van der Waals surface area (Å²) in [5.41, 5.74) is 11.4. The summed E-state index contributed by atoms with van der Waals surface area (Å²) in [4.78, 5) is 0. The molecule has 4 N–H and O–H groups in total. The van der Waals surface area contributed by atoms with E-state index in [1.807, 2.05) is 0 Å². The Hall–Kier alpha value is -1.11. The third-order valence-electron chi connectivity index (χ3n) is 2.11. The lowest BCUT2D eigenvalue weighted by molar-refractivity contribution is -0.287. The lowest BCUT2D eigenvalue weighted by atomic mass is 10.1. The van der Waals surface area contributed by atoms with Crippen molar-refractivity contribution in [1.82, 2.24) is 0 Å². The molecule has 2 rings (SSSR count). The standard InChI is InChI=1S/C9H10F2N2O2.ClH/c10-9(11)14-7-3-1-2-5(6(13)4-12)8(7)15-9;/h1-3,6H,4,12-13H2;1H/t6-;/m1./s1. The highest BCUT2D eigenvalue weighted by molar-refractivity contribution is 5.85. The van der Waals surface area contributed by atoms with Gasteiger partial charge in [-0.05, 0) is 6.07 Å². The molecule has 1 aliphatic rings. The number of benzene rings is 1. The van der Waals surface area contributed by atoms with Gasteiger partial charge >= 0.3 is 6.29 Å². The number of halogens is 3. The monoisotopic (exact) mass is 252 g/mol. The molecule has 1 aliphatic heterocycles. The number of fused-ring (bicyclic) bond motifs is 1. The van der Waals surface area contributed by atoms with E-state index in [-0.39, 0.29) is 30.5 Å². The topological polar surface area (TPSA) is 70.5 Å². The SMILES string of the molecule is Cl.NC[C@@H](N)c1cccc2c1OC(F)(F)O2. The van der Waals surface area contributed by atoms with Gasteiger partial charge in [-0.3, -0.25) is 0 Å². The van der Waals surface area contributed by atoms with Crippen LogP contribution in [0.25, 0.3) is 0 Å².